The molecule has 1 atom stereocenters. The summed E-state index contributed by atoms with van der Waals surface area (Å²) in [6.45, 7) is 10.1. The van der Waals surface area contributed by atoms with Crippen molar-refractivity contribution >= 4 is 17.9 Å². The van der Waals surface area contributed by atoms with Crippen molar-refractivity contribution in [2.45, 2.75) is 40.7 Å². The molecule has 0 aromatic heterocycles. The van der Waals surface area contributed by atoms with Gasteiger partial charge in [0.15, 0.2) is 17.6 Å². The lowest BCUT2D eigenvalue weighted by Crippen LogP contribution is -2.45. The Morgan fingerprint density at radius 2 is 1.74 bits per heavy atom. The van der Waals surface area contributed by atoms with E-state index in [9.17, 15) is 14.4 Å². The summed E-state index contributed by atoms with van der Waals surface area (Å²) in [5.74, 6) is -0.574. The lowest BCUT2D eigenvalue weighted by molar-refractivity contribution is -0.130. The lowest BCUT2D eigenvalue weighted by Gasteiger charge is -2.20. The second kappa shape index (κ2) is 10.4. The molecule has 0 spiro atoms. The van der Waals surface area contributed by atoms with Crippen molar-refractivity contribution in [3.05, 3.63) is 23.8 Å². The summed E-state index contributed by atoms with van der Waals surface area (Å²) in [5.41, 5.74) is 5.15. The van der Waals surface area contributed by atoms with Crippen molar-refractivity contribution in [2.24, 2.45) is 17.6 Å². The minimum atomic E-state index is -1.16. The van der Waals surface area contributed by atoms with Crippen molar-refractivity contribution in [3.63, 3.8) is 0 Å². The van der Waals surface area contributed by atoms with Gasteiger partial charge in [-0.25, -0.2) is 9.59 Å². The molecule has 8 heteroatoms. The number of urea groups is 1. The first-order chi connectivity index (χ1) is 12.6. The van der Waals surface area contributed by atoms with Crippen molar-refractivity contribution < 1.29 is 28.6 Å². The molecule has 0 unspecified atom stereocenters. The van der Waals surface area contributed by atoms with Gasteiger partial charge in [0.1, 0.15) is 0 Å². The van der Waals surface area contributed by atoms with E-state index in [0.717, 1.165) is 0 Å². The number of primary amides is 1. The summed E-state index contributed by atoms with van der Waals surface area (Å²) in [7, 11) is 0. The van der Waals surface area contributed by atoms with Crippen molar-refractivity contribution in [1.29, 1.82) is 0 Å². The Bertz CT molecular complexity index is 672. The summed E-state index contributed by atoms with van der Waals surface area (Å²) in [4.78, 5) is 35.3. The van der Waals surface area contributed by atoms with Gasteiger partial charge in [-0.2, -0.15) is 0 Å². The molecular weight excluding hydrogens is 352 g/mol. The van der Waals surface area contributed by atoms with Crippen LogP contribution < -0.4 is 20.5 Å². The van der Waals surface area contributed by atoms with Crippen molar-refractivity contribution in [2.75, 3.05) is 13.2 Å². The average molecular weight is 380 g/mol. The zero-order chi connectivity index (χ0) is 20.6. The molecule has 0 saturated heterocycles. The smallest absolute Gasteiger partial charge is 0.339 e. The summed E-state index contributed by atoms with van der Waals surface area (Å²) < 4.78 is 16.5. The normalized spacial score (nSPS) is 11.8. The zero-order valence-corrected chi connectivity index (χ0v) is 16.4. The second-order valence-corrected chi connectivity index (χ2v) is 6.72. The standard InChI is InChI=1S/C19H28N2O6/c1-6-25-15-9-13(7-8-14(15)26-10-11(2)3)18(23)27-16(12(4)5)17(22)21-19(20)24/h7-9,11-12,16H,6,10H2,1-5H3,(H3,20,21,22,24)/t16-/m0/s1. The Labute approximate surface area is 159 Å². The molecule has 0 heterocycles. The van der Waals surface area contributed by atoms with Crippen molar-refractivity contribution in [1.82, 2.24) is 5.32 Å². The van der Waals surface area contributed by atoms with E-state index in [1.165, 1.54) is 12.1 Å². The largest absolute Gasteiger partial charge is 0.490 e. The number of carbonyl (C=O) groups is 3. The molecule has 0 saturated carbocycles. The van der Waals surface area contributed by atoms with Crippen LogP contribution in [0.4, 0.5) is 4.79 Å². The van der Waals surface area contributed by atoms with Crippen LogP contribution in [0.3, 0.4) is 0 Å². The van der Waals surface area contributed by atoms with Gasteiger partial charge in [-0.1, -0.05) is 27.7 Å². The highest BCUT2D eigenvalue weighted by Gasteiger charge is 2.28. The minimum Gasteiger partial charge on any atom is -0.490 e. The van der Waals surface area contributed by atoms with Gasteiger partial charge in [0.25, 0.3) is 5.91 Å². The first-order valence-electron chi connectivity index (χ1n) is 8.86. The minimum absolute atomic E-state index is 0.202. The third-order valence-electron chi connectivity index (χ3n) is 3.40. The Balaban J connectivity index is 2.98. The van der Waals surface area contributed by atoms with E-state index >= 15 is 0 Å². The molecule has 3 N–H and O–H groups in total. The highest BCUT2D eigenvalue weighted by molar-refractivity contribution is 5.98. The maximum Gasteiger partial charge on any atom is 0.339 e. The highest BCUT2D eigenvalue weighted by atomic mass is 16.5. The SMILES string of the molecule is CCOc1cc(C(=O)O[C@H](C(=O)NC(N)=O)C(C)C)ccc1OCC(C)C. The number of hydrogen-bond donors (Lipinski definition) is 2. The van der Waals surface area contributed by atoms with Gasteiger partial charge in [0.2, 0.25) is 0 Å². The topological polar surface area (TPSA) is 117 Å². The van der Waals surface area contributed by atoms with E-state index in [1.807, 2.05) is 26.1 Å². The predicted octanol–water partition coefficient (Wildman–Crippen LogP) is 2.50. The number of ether oxygens (including phenoxy) is 3. The van der Waals surface area contributed by atoms with Crippen LogP contribution in [0.15, 0.2) is 18.2 Å². The van der Waals surface area contributed by atoms with Gasteiger partial charge >= 0.3 is 12.0 Å². The molecule has 150 valence electrons. The molecule has 3 amide bonds. The number of carbonyl (C=O) groups excluding carboxylic acids is 3. The fourth-order valence-electron chi connectivity index (χ4n) is 2.15. The molecule has 0 aliphatic rings. The summed E-state index contributed by atoms with van der Waals surface area (Å²) >= 11 is 0. The Morgan fingerprint density at radius 1 is 1.07 bits per heavy atom. The fourth-order valence-corrected chi connectivity index (χ4v) is 2.15. The van der Waals surface area contributed by atoms with Crippen LogP contribution in [0.25, 0.3) is 0 Å². The molecule has 0 radical (unpaired) electrons. The van der Waals surface area contributed by atoms with Gasteiger partial charge in [-0.05, 0) is 37.0 Å². The zero-order valence-electron chi connectivity index (χ0n) is 16.4. The van der Waals surface area contributed by atoms with Crippen LogP contribution in [0.2, 0.25) is 0 Å². The molecule has 1 rings (SSSR count). The maximum absolute atomic E-state index is 12.5. The summed E-state index contributed by atoms with van der Waals surface area (Å²) in [6.07, 6.45) is -1.16. The van der Waals surface area contributed by atoms with Gasteiger partial charge in [0.05, 0.1) is 18.8 Å². The monoisotopic (exact) mass is 380 g/mol. The van der Waals surface area contributed by atoms with Crippen LogP contribution in [0.1, 0.15) is 45.0 Å². The Hall–Kier alpha value is -2.77. The molecule has 0 fully saturated rings. The highest BCUT2D eigenvalue weighted by Crippen LogP contribution is 2.29. The number of nitrogens with two attached hydrogens (primary N) is 1. The third-order valence-corrected chi connectivity index (χ3v) is 3.40. The van der Waals surface area contributed by atoms with Crippen LogP contribution in [-0.2, 0) is 9.53 Å². The number of hydrogen-bond acceptors (Lipinski definition) is 6. The predicted molar refractivity (Wildman–Crippen MR) is 99.7 cm³/mol. The number of nitrogens with one attached hydrogen (secondary N) is 1. The molecule has 8 nitrogen and oxygen atoms in total. The molecule has 1 aromatic carbocycles. The average Bonchev–Trinajstić information content (AvgIpc) is 2.57. The van der Waals surface area contributed by atoms with Crippen LogP contribution in [-0.4, -0.2) is 37.2 Å². The first-order valence-corrected chi connectivity index (χ1v) is 8.86. The molecule has 0 bridgehead atoms. The maximum atomic E-state index is 12.5. The van der Waals surface area contributed by atoms with Crippen LogP contribution in [0.5, 0.6) is 11.5 Å². The van der Waals surface area contributed by atoms with E-state index in [-0.39, 0.29) is 11.5 Å². The molecule has 0 aliphatic heterocycles. The second-order valence-electron chi connectivity index (χ2n) is 6.72. The van der Waals surface area contributed by atoms with E-state index < -0.39 is 24.0 Å². The van der Waals surface area contributed by atoms with E-state index in [4.69, 9.17) is 19.9 Å². The van der Waals surface area contributed by atoms with Crippen LogP contribution in [0, 0.1) is 11.8 Å². The number of imide groups is 1. The van der Waals surface area contributed by atoms with E-state index in [2.05, 4.69) is 0 Å². The molecule has 0 aliphatic carbocycles. The molecule has 27 heavy (non-hydrogen) atoms. The quantitative estimate of drug-likeness (QED) is 0.636. The summed E-state index contributed by atoms with van der Waals surface area (Å²) in [5, 5.41) is 1.93. The fraction of sp³-hybridized carbons (Fsp3) is 0.526. The number of esters is 1. The van der Waals surface area contributed by atoms with E-state index in [1.54, 1.807) is 19.9 Å². The molecule has 1 aromatic rings. The number of benzene rings is 1. The van der Waals surface area contributed by atoms with Gasteiger partial charge < -0.3 is 19.9 Å². The third kappa shape index (κ3) is 7.16. The Kier molecular flexibility index (Phi) is 8.58. The lowest BCUT2D eigenvalue weighted by atomic mass is 10.1. The van der Waals surface area contributed by atoms with E-state index in [0.29, 0.717) is 30.6 Å². The number of amides is 3. The number of rotatable bonds is 9. The first kappa shape index (κ1) is 22.3. The Morgan fingerprint density at radius 3 is 2.26 bits per heavy atom. The summed E-state index contributed by atoms with van der Waals surface area (Å²) in [6, 6.07) is 3.65. The van der Waals surface area contributed by atoms with Gasteiger partial charge in [-0.3, -0.25) is 10.1 Å². The van der Waals surface area contributed by atoms with Gasteiger partial charge in [-0.15, -0.1) is 0 Å². The van der Waals surface area contributed by atoms with Crippen LogP contribution >= 0.6 is 0 Å². The van der Waals surface area contributed by atoms with Crippen molar-refractivity contribution in [3.8, 4) is 11.5 Å². The molecular formula is C19H28N2O6. The van der Waals surface area contributed by atoms with Gasteiger partial charge in [0, 0.05) is 0 Å².